The highest BCUT2D eigenvalue weighted by molar-refractivity contribution is 5.88. The lowest BCUT2D eigenvalue weighted by Crippen LogP contribution is -2.51. The van der Waals surface area contributed by atoms with Gasteiger partial charge in [-0.2, -0.15) is 0 Å². The van der Waals surface area contributed by atoms with Crippen LogP contribution in [0, 0.1) is 16.7 Å². The Bertz CT molecular complexity index is 565. The minimum absolute atomic E-state index is 0.236. The lowest BCUT2D eigenvalue weighted by Gasteiger charge is -2.28. The normalized spacial score (nSPS) is 15.3. The first kappa shape index (κ1) is 24.9. The molecule has 8 heteroatoms. The number of amides is 2. The van der Waals surface area contributed by atoms with E-state index in [-0.39, 0.29) is 18.4 Å². The van der Waals surface area contributed by atoms with Gasteiger partial charge in [-0.25, -0.2) is 9.59 Å². The molecular weight excluding hydrogens is 352 g/mol. The number of aliphatic carboxylic acids is 1. The third-order valence-electron chi connectivity index (χ3n) is 4.34. The van der Waals surface area contributed by atoms with E-state index in [2.05, 4.69) is 10.6 Å². The molecule has 0 bridgehead atoms. The molecule has 27 heavy (non-hydrogen) atoms. The van der Waals surface area contributed by atoms with Crippen LogP contribution >= 0.6 is 0 Å². The lowest BCUT2D eigenvalue weighted by atomic mass is 9.91. The fourth-order valence-electron chi connectivity index (χ4n) is 1.93. The molecule has 0 rings (SSSR count). The number of rotatable bonds is 9. The van der Waals surface area contributed by atoms with E-state index in [1.807, 2.05) is 6.92 Å². The molecule has 0 aliphatic rings. The van der Waals surface area contributed by atoms with E-state index in [9.17, 15) is 24.3 Å². The van der Waals surface area contributed by atoms with E-state index in [0.29, 0.717) is 6.42 Å². The molecule has 0 unspecified atom stereocenters. The van der Waals surface area contributed by atoms with Crippen molar-refractivity contribution in [1.29, 1.82) is 0 Å². The van der Waals surface area contributed by atoms with Crippen LogP contribution in [0.15, 0.2) is 0 Å². The molecule has 3 atom stereocenters. The van der Waals surface area contributed by atoms with Crippen LogP contribution in [0.1, 0.15) is 61.8 Å². The second-order valence-corrected chi connectivity index (χ2v) is 8.61. The second kappa shape index (κ2) is 9.71. The summed E-state index contributed by atoms with van der Waals surface area (Å²) in [7, 11) is 0. The molecule has 0 radical (unpaired) electrons. The van der Waals surface area contributed by atoms with Crippen LogP contribution in [0.3, 0.4) is 0 Å². The topological polar surface area (TPSA) is 122 Å². The molecule has 0 aromatic heterocycles. The molecular formula is C19H34N2O6. The van der Waals surface area contributed by atoms with Gasteiger partial charge in [0, 0.05) is 5.41 Å². The summed E-state index contributed by atoms with van der Waals surface area (Å²) >= 11 is 0. The quantitative estimate of drug-likeness (QED) is 0.519. The third kappa shape index (κ3) is 7.97. The van der Waals surface area contributed by atoms with Crippen molar-refractivity contribution in [1.82, 2.24) is 10.6 Å². The summed E-state index contributed by atoms with van der Waals surface area (Å²) in [5.41, 5.74) is -1.76. The summed E-state index contributed by atoms with van der Waals surface area (Å²) in [5.74, 6) is -2.82. The number of carboxylic acid groups (broad SMARTS) is 1. The monoisotopic (exact) mass is 386 g/mol. The molecule has 8 nitrogen and oxygen atoms in total. The summed E-state index contributed by atoms with van der Waals surface area (Å²) in [6, 6.07) is -1.87. The highest BCUT2D eigenvalue weighted by atomic mass is 16.5. The predicted octanol–water partition coefficient (Wildman–Crippen LogP) is 1.72. The Morgan fingerprint density at radius 1 is 0.963 bits per heavy atom. The summed E-state index contributed by atoms with van der Waals surface area (Å²) < 4.78 is 5.17. The van der Waals surface area contributed by atoms with E-state index >= 15 is 0 Å². The van der Waals surface area contributed by atoms with Gasteiger partial charge in [0.15, 0.2) is 0 Å². The molecule has 0 saturated carbocycles. The Kier molecular flexibility index (Phi) is 8.95. The minimum Gasteiger partial charge on any atom is -0.480 e. The van der Waals surface area contributed by atoms with E-state index in [1.54, 1.807) is 41.5 Å². The average Bonchev–Trinajstić information content (AvgIpc) is 2.55. The smallest absolute Gasteiger partial charge is 0.328 e. The van der Waals surface area contributed by atoms with Crippen molar-refractivity contribution in [2.24, 2.45) is 16.7 Å². The molecule has 0 aromatic rings. The molecule has 0 aliphatic heterocycles. The zero-order valence-corrected chi connectivity index (χ0v) is 17.6. The first-order valence-electron chi connectivity index (χ1n) is 9.14. The Morgan fingerprint density at radius 3 is 1.89 bits per heavy atom. The molecule has 0 aliphatic carbocycles. The number of hydrogen-bond acceptors (Lipinski definition) is 5. The fraction of sp³-hybridized carbons (Fsp3) is 0.789. The molecule has 0 heterocycles. The van der Waals surface area contributed by atoms with Crippen LogP contribution in [-0.2, 0) is 23.9 Å². The van der Waals surface area contributed by atoms with Crippen LogP contribution in [0.5, 0.6) is 0 Å². The van der Waals surface area contributed by atoms with Crippen molar-refractivity contribution in [3.8, 4) is 0 Å². The van der Waals surface area contributed by atoms with Gasteiger partial charge in [-0.3, -0.25) is 9.59 Å². The van der Waals surface area contributed by atoms with Crippen LogP contribution in [0.25, 0.3) is 0 Å². The summed E-state index contributed by atoms with van der Waals surface area (Å²) in [4.78, 5) is 47.8. The second-order valence-electron chi connectivity index (χ2n) is 8.61. The highest BCUT2D eigenvalue weighted by Crippen LogP contribution is 2.19. The van der Waals surface area contributed by atoms with Crippen molar-refractivity contribution in [3.05, 3.63) is 0 Å². The summed E-state index contributed by atoms with van der Waals surface area (Å²) in [6.07, 6.45) is 0.595. The van der Waals surface area contributed by atoms with E-state index in [4.69, 9.17) is 4.74 Å². The standard InChI is InChI=1S/C19H34N2O6/c1-9-11(2)13(14(22)23)21-17(26)19(7,8)10-27-15(24)12(3)20-16(25)18(4,5)6/h11-13H,9-10H2,1-8H3,(H,20,25)(H,21,26)(H,22,23)/t11-,12-,13-/m0/s1. The first-order valence-corrected chi connectivity index (χ1v) is 9.14. The maximum Gasteiger partial charge on any atom is 0.328 e. The van der Waals surface area contributed by atoms with Crippen LogP contribution in [0.2, 0.25) is 0 Å². The fourth-order valence-corrected chi connectivity index (χ4v) is 1.93. The maximum atomic E-state index is 12.5. The lowest BCUT2D eigenvalue weighted by molar-refractivity contribution is -0.154. The Hall–Kier alpha value is -2.12. The van der Waals surface area contributed by atoms with E-state index < -0.39 is 40.8 Å². The van der Waals surface area contributed by atoms with Gasteiger partial charge >= 0.3 is 11.9 Å². The number of esters is 1. The van der Waals surface area contributed by atoms with E-state index in [0.717, 1.165) is 0 Å². The van der Waals surface area contributed by atoms with Crippen molar-refractivity contribution < 1.29 is 29.0 Å². The average molecular weight is 386 g/mol. The molecule has 0 spiro atoms. The number of nitrogens with one attached hydrogen (secondary N) is 2. The molecule has 156 valence electrons. The van der Waals surface area contributed by atoms with Gasteiger partial charge in [0.05, 0.1) is 5.41 Å². The summed E-state index contributed by atoms with van der Waals surface area (Å²) in [5, 5.41) is 14.4. The molecule has 0 aromatic carbocycles. The van der Waals surface area contributed by atoms with Gasteiger partial charge in [0.1, 0.15) is 18.7 Å². The summed E-state index contributed by atoms with van der Waals surface area (Å²) in [6.45, 7) is 13.1. The number of ether oxygens (including phenoxy) is 1. The number of carbonyl (C=O) groups is 4. The van der Waals surface area contributed by atoms with Crippen molar-refractivity contribution in [2.75, 3.05) is 6.61 Å². The molecule has 0 saturated heterocycles. The highest BCUT2D eigenvalue weighted by Gasteiger charge is 2.35. The van der Waals surface area contributed by atoms with Crippen LogP contribution in [-0.4, -0.2) is 47.6 Å². The zero-order valence-electron chi connectivity index (χ0n) is 17.6. The van der Waals surface area contributed by atoms with Crippen molar-refractivity contribution in [3.63, 3.8) is 0 Å². The number of hydrogen-bond donors (Lipinski definition) is 3. The Morgan fingerprint density at radius 2 is 1.48 bits per heavy atom. The zero-order chi connectivity index (χ0) is 21.6. The molecule has 3 N–H and O–H groups in total. The molecule has 2 amide bonds. The number of carboxylic acids is 1. The Balaban J connectivity index is 4.81. The maximum absolute atomic E-state index is 12.5. The predicted molar refractivity (Wildman–Crippen MR) is 101 cm³/mol. The molecule has 0 fully saturated rings. The van der Waals surface area contributed by atoms with Gasteiger partial charge in [0.2, 0.25) is 11.8 Å². The van der Waals surface area contributed by atoms with Crippen LogP contribution < -0.4 is 10.6 Å². The van der Waals surface area contributed by atoms with Gasteiger partial charge in [-0.15, -0.1) is 0 Å². The largest absolute Gasteiger partial charge is 0.480 e. The van der Waals surface area contributed by atoms with Gasteiger partial charge in [0.25, 0.3) is 0 Å². The van der Waals surface area contributed by atoms with Crippen LogP contribution in [0.4, 0.5) is 0 Å². The van der Waals surface area contributed by atoms with Gasteiger partial charge < -0.3 is 20.5 Å². The Labute approximate surface area is 161 Å². The van der Waals surface area contributed by atoms with Gasteiger partial charge in [-0.1, -0.05) is 41.0 Å². The number of carbonyl (C=O) groups excluding carboxylic acids is 3. The van der Waals surface area contributed by atoms with Gasteiger partial charge in [-0.05, 0) is 26.7 Å². The minimum atomic E-state index is -1.12. The third-order valence-corrected chi connectivity index (χ3v) is 4.34. The van der Waals surface area contributed by atoms with Crippen molar-refractivity contribution >= 4 is 23.8 Å². The SMILES string of the molecule is CC[C@H](C)[C@H](NC(=O)C(C)(C)COC(=O)[C@H](C)NC(=O)C(C)(C)C)C(=O)O. The first-order chi connectivity index (χ1) is 12.1. The van der Waals surface area contributed by atoms with E-state index in [1.165, 1.54) is 6.92 Å². The van der Waals surface area contributed by atoms with Crippen molar-refractivity contribution in [2.45, 2.75) is 73.9 Å².